The van der Waals surface area contributed by atoms with Gasteiger partial charge in [-0.05, 0) is 0 Å². The Labute approximate surface area is 122 Å². The second kappa shape index (κ2) is 5.16. The van der Waals surface area contributed by atoms with E-state index in [4.69, 9.17) is 10.5 Å². The molecule has 1 aromatic heterocycles. The number of esters is 1. The summed E-state index contributed by atoms with van der Waals surface area (Å²) in [6.07, 6.45) is 0. The van der Waals surface area contributed by atoms with E-state index < -0.39 is 0 Å². The number of methoxy groups -OCH3 is 1. The normalized spacial score (nSPS) is 10.7. The fourth-order valence-corrected chi connectivity index (χ4v) is 4.07. The van der Waals surface area contributed by atoms with E-state index in [2.05, 4.69) is 30.3 Å². The topological polar surface area (TPSA) is 52.3 Å². The van der Waals surface area contributed by atoms with Crippen LogP contribution in [-0.2, 0) is 4.74 Å². The first kappa shape index (κ1) is 13.0. The van der Waals surface area contributed by atoms with Crippen molar-refractivity contribution in [2.24, 2.45) is 0 Å². The third-order valence-electron chi connectivity index (χ3n) is 3.20. The summed E-state index contributed by atoms with van der Waals surface area (Å²) in [5.74, 6) is -0.361. The molecule has 4 heteroatoms. The van der Waals surface area contributed by atoms with Gasteiger partial charge < -0.3 is 0 Å². The molecular formula is C16H13NO2Se. The number of hydrogen-bond donors (Lipinski definition) is 1. The van der Waals surface area contributed by atoms with E-state index in [1.54, 1.807) is 0 Å². The molecule has 0 aliphatic rings. The van der Waals surface area contributed by atoms with Crippen LogP contribution < -0.4 is 5.73 Å². The molecule has 3 aromatic rings. The molecule has 0 aliphatic heterocycles. The summed E-state index contributed by atoms with van der Waals surface area (Å²) in [6.45, 7) is 0. The number of hydrogen-bond acceptors (Lipinski definition) is 3. The van der Waals surface area contributed by atoms with Crippen molar-refractivity contribution in [3.63, 3.8) is 0 Å². The van der Waals surface area contributed by atoms with Crippen LogP contribution in [0.1, 0.15) is 10.4 Å². The molecule has 0 spiro atoms. The number of ether oxygens (including phenoxy) is 1. The van der Waals surface area contributed by atoms with Crippen LogP contribution in [0.4, 0.5) is 4.56 Å². The number of carbonyl (C=O) groups excluding carboxylic acids is 1. The molecule has 100 valence electrons. The molecule has 3 nitrogen and oxygen atoms in total. The van der Waals surface area contributed by atoms with Crippen molar-refractivity contribution in [3.8, 4) is 10.0 Å². The standard InChI is InChI=1S/C16H13NO2Se/c1-19-16(18)13-9-14(20-15(13)17)12-7-6-10-4-2-3-5-11(10)8-12/h2-9H,17H2,1H3. The SMILES string of the molecule is COC(=O)c1cc(-c2ccc3ccccc3c2)[se]c1N. The molecule has 0 saturated carbocycles. The number of rotatable bonds is 2. The van der Waals surface area contributed by atoms with Crippen molar-refractivity contribution < 1.29 is 9.53 Å². The van der Waals surface area contributed by atoms with Crippen LogP contribution in [0.2, 0.25) is 0 Å². The zero-order chi connectivity index (χ0) is 14.1. The van der Waals surface area contributed by atoms with Crippen LogP contribution in [0.5, 0.6) is 0 Å². The first-order valence-corrected chi connectivity index (χ1v) is 7.87. The molecule has 20 heavy (non-hydrogen) atoms. The zero-order valence-electron chi connectivity index (χ0n) is 10.9. The van der Waals surface area contributed by atoms with Crippen LogP contribution in [-0.4, -0.2) is 27.6 Å². The zero-order valence-corrected chi connectivity index (χ0v) is 12.6. The van der Waals surface area contributed by atoms with Crippen molar-refractivity contribution in [1.82, 2.24) is 0 Å². The second-order valence-corrected chi connectivity index (χ2v) is 6.72. The third kappa shape index (κ3) is 2.24. The molecule has 0 saturated heterocycles. The molecule has 3 rings (SSSR count). The molecule has 0 unspecified atom stereocenters. The Morgan fingerprint density at radius 2 is 1.85 bits per heavy atom. The van der Waals surface area contributed by atoms with E-state index in [9.17, 15) is 4.79 Å². The summed E-state index contributed by atoms with van der Waals surface area (Å²) < 4.78 is 6.49. The van der Waals surface area contributed by atoms with Gasteiger partial charge in [0.2, 0.25) is 0 Å². The van der Waals surface area contributed by atoms with Crippen LogP contribution in [0, 0.1) is 0 Å². The number of carbonyl (C=O) groups is 1. The molecule has 0 aliphatic carbocycles. The molecular weight excluding hydrogens is 317 g/mol. The van der Waals surface area contributed by atoms with Crippen molar-refractivity contribution in [3.05, 3.63) is 54.1 Å². The van der Waals surface area contributed by atoms with Gasteiger partial charge in [-0.15, -0.1) is 0 Å². The quantitative estimate of drug-likeness (QED) is 0.581. The average Bonchev–Trinajstić information content (AvgIpc) is 2.88. The summed E-state index contributed by atoms with van der Waals surface area (Å²) in [7, 11) is 1.37. The van der Waals surface area contributed by atoms with Crippen molar-refractivity contribution in [1.29, 1.82) is 0 Å². The molecule has 0 amide bonds. The van der Waals surface area contributed by atoms with Crippen molar-refractivity contribution in [2.75, 3.05) is 12.8 Å². The van der Waals surface area contributed by atoms with E-state index in [1.165, 1.54) is 17.9 Å². The first-order chi connectivity index (χ1) is 9.69. The van der Waals surface area contributed by atoms with Gasteiger partial charge in [-0.2, -0.15) is 0 Å². The molecule has 0 fully saturated rings. The van der Waals surface area contributed by atoms with E-state index in [1.807, 2.05) is 18.2 Å². The summed E-state index contributed by atoms with van der Waals surface area (Å²) in [4.78, 5) is 11.6. The van der Waals surface area contributed by atoms with Gasteiger partial charge in [-0.3, -0.25) is 0 Å². The molecule has 2 N–H and O–H groups in total. The number of nitrogens with two attached hydrogens (primary N) is 1. The van der Waals surface area contributed by atoms with Crippen LogP contribution in [0.3, 0.4) is 0 Å². The fraction of sp³-hybridized carbons (Fsp3) is 0.0625. The van der Waals surface area contributed by atoms with Crippen LogP contribution in [0.25, 0.3) is 20.8 Å². The fourth-order valence-electron chi connectivity index (χ4n) is 2.16. The predicted octanol–water partition coefficient (Wildman–Crippen LogP) is 2.93. The first-order valence-electron chi connectivity index (χ1n) is 6.16. The number of benzene rings is 2. The Kier molecular flexibility index (Phi) is 3.35. The van der Waals surface area contributed by atoms with Gasteiger partial charge in [0, 0.05) is 0 Å². The monoisotopic (exact) mass is 331 g/mol. The van der Waals surface area contributed by atoms with Gasteiger partial charge in [0.15, 0.2) is 0 Å². The maximum atomic E-state index is 11.6. The van der Waals surface area contributed by atoms with Crippen LogP contribution in [0.15, 0.2) is 48.5 Å². The molecule has 0 radical (unpaired) electrons. The van der Waals surface area contributed by atoms with Gasteiger partial charge in [0.1, 0.15) is 0 Å². The summed E-state index contributed by atoms with van der Waals surface area (Å²) in [5.41, 5.74) is 7.56. The molecule has 0 bridgehead atoms. The van der Waals surface area contributed by atoms with E-state index in [0.717, 1.165) is 10.0 Å². The minimum absolute atomic E-state index is 0.0218. The Balaban J connectivity index is 2.09. The van der Waals surface area contributed by atoms with Gasteiger partial charge in [0.05, 0.1) is 0 Å². The van der Waals surface area contributed by atoms with E-state index in [-0.39, 0.29) is 20.5 Å². The summed E-state index contributed by atoms with van der Waals surface area (Å²) in [6, 6.07) is 16.4. The van der Waals surface area contributed by atoms with Gasteiger partial charge >= 0.3 is 122 Å². The maximum absolute atomic E-state index is 11.6. The average molecular weight is 330 g/mol. The van der Waals surface area contributed by atoms with E-state index in [0.29, 0.717) is 10.1 Å². The van der Waals surface area contributed by atoms with E-state index >= 15 is 0 Å². The summed E-state index contributed by atoms with van der Waals surface area (Å²) in [5, 5.41) is 2.39. The Morgan fingerprint density at radius 3 is 2.60 bits per heavy atom. The van der Waals surface area contributed by atoms with Crippen molar-refractivity contribution >= 4 is 35.8 Å². The Morgan fingerprint density at radius 1 is 1.10 bits per heavy atom. The molecule has 2 aromatic carbocycles. The Bertz CT molecular complexity index is 792. The predicted molar refractivity (Wildman–Crippen MR) is 82.1 cm³/mol. The Hall–Kier alpha value is -2.03. The van der Waals surface area contributed by atoms with Gasteiger partial charge in [0.25, 0.3) is 0 Å². The number of anilines is 1. The minimum atomic E-state index is -0.361. The van der Waals surface area contributed by atoms with Gasteiger partial charge in [-0.1, -0.05) is 0 Å². The van der Waals surface area contributed by atoms with Gasteiger partial charge in [-0.25, -0.2) is 0 Å². The van der Waals surface area contributed by atoms with Crippen LogP contribution >= 0.6 is 0 Å². The summed E-state index contributed by atoms with van der Waals surface area (Å²) >= 11 is -0.0218. The second-order valence-electron chi connectivity index (χ2n) is 4.44. The number of fused-ring (bicyclic) bond motifs is 1. The third-order valence-corrected chi connectivity index (χ3v) is 5.33. The van der Waals surface area contributed by atoms with Crippen molar-refractivity contribution in [2.45, 2.75) is 0 Å². The molecule has 0 atom stereocenters. The molecule has 1 heterocycles. The number of nitrogen functional groups attached to an aromatic ring is 1.